The summed E-state index contributed by atoms with van der Waals surface area (Å²) in [5, 5.41) is 0.660. The van der Waals surface area contributed by atoms with E-state index < -0.39 is 0 Å². The molecule has 0 amide bonds. The third-order valence-electron chi connectivity index (χ3n) is 2.28. The van der Waals surface area contributed by atoms with E-state index >= 15 is 0 Å². The van der Waals surface area contributed by atoms with Crippen LogP contribution >= 0.6 is 23.4 Å². The predicted molar refractivity (Wildman–Crippen MR) is 71.4 cm³/mol. The molecular weight excluding hydrogens is 270 g/mol. The summed E-state index contributed by atoms with van der Waals surface area (Å²) < 4.78 is 4.96. The molecule has 0 atom stereocenters. The highest BCUT2D eigenvalue weighted by atomic mass is 35.5. The van der Waals surface area contributed by atoms with E-state index in [0.717, 1.165) is 4.90 Å². The van der Waals surface area contributed by atoms with Gasteiger partial charge in [-0.05, 0) is 48.8 Å². The number of aromatic nitrogens is 3. The molecule has 0 aliphatic rings. The van der Waals surface area contributed by atoms with Gasteiger partial charge in [0.25, 0.3) is 0 Å². The van der Waals surface area contributed by atoms with E-state index in [0.29, 0.717) is 5.16 Å². The predicted octanol–water partition coefficient (Wildman–Crippen LogP) is 3.30. The van der Waals surface area contributed by atoms with Gasteiger partial charge < -0.3 is 4.74 Å². The van der Waals surface area contributed by atoms with E-state index in [1.807, 2.05) is 6.07 Å². The van der Waals surface area contributed by atoms with Gasteiger partial charge in [-0.25, -0.2) is 0 Å². The van der Waals surface area contributed by atoms with E-state index in [2.05, 4.69) is 40.9 Å². The van der Waals surface area contributed by atoms with Gasteiger partial charge in [-0.3, -0.25) is 0 Å². The van der Waals surface area contributed by atoms with Crippen molar-refractivity contribution in [2.75, 3.05) is 7.11 Å². The first kappa shape index (κ1) is 13.1. The van der Waals surface area contributed by atoms with Crippen LogP contribution in [0.15, 0.2) is 28.3 Å². The fourth-order valence-electron chi connectivity index (χ4n) is 1.46. The number of hydrogen-bond donors (Lipinski definition) is 0. The Labute approximate surface area is 115 Å². The zero-order valence-electron chi connectivity index (χ0n) is 10.3. The number of halogens is 1. The number of rotatable bonds is 3. The van der Waals surface area contributed by atoms with Gasteiger partial charge in [-0.1, -0.05) is 17.7 Å². The molecule has 1 heterocycles. The van der Waals surface area contributed by atoms with Crippen LogP contribution in [0.5, 0.6) is 6.01 Å². The molecule has 0 saturated heterocycles. The van der Waals surface area contributed by atoms with Gasteiger partial charge in [0.1, 0.15) is 0 Å². The van der Waals surface area contributed by atoms with Crippen molar-refractivity contribution in [3.8, 4) is 6.01 Å². The van der Waals surface area contributed by atoms with E-state index in [4.69, 9.17) is 16.3 Å². The monoisotopic (exact) mass is 281 g/mol. The van der Waals surface area contributed by atoms with Gasteiger partial charge >= 0.3 is 6.01 Å². The molecule has 0 N–H and O–H groups in total. The average Bonchev–Trinajstić information content (AvgIpc) is 2.32. The van der Waals surface area contributed by atoms with Crippen molar-refractivity contribution in [2.24, 2.45) is 0 Å². The molecule has 0 radical (unpaired) electrons. The number of aryl methyl sites for hydroxylation is 2. The van der Waals surface area contributed by atoms with Crippen molar-refractivity contribution in [2.45, 2.75) is 23.9 Å². The molecule has 0 aliphatic heterocycles. The van der Waals surface area contributed by atoms with Crippen LogP contribution in [0.25, 0.3) is 0 Å². The molecule has 0 saturated carbocycles. The molecule has 0 fully saturated rings. The smallest absolute Gasteiger partial charge is 0.321 e. The topological polar surface area (TPSA) is 47.9 Å². The Morgan fingerprint density at radius 2 is 1.94 bits per heavy atom. The van der Waals surface area contributed by atoms with Crippen molar-refractivity contribution < 1.29 is 4.74 Å². The Kier molecular flexibility index (Phi) is 4.04. The minimum absolute atomic E-state index is 0.133. The maximum absolute atomic E-state index is 5.80. The van der Waals surface area contributed by atoms with E-state index in [-0.39, 0.29) is 11.3 Å². The average molecular weight is 282 g/mol. The van der Waals surface area contributed by atoms with Crippen molar-refractivity contribution in [1.82, 2.24) is 15.0 Å². The molecule has 2 aromatic rings. The first-order chi connectivity index (χ1) is 8.58. The van der Waals surface area contributed by atoms with Gasteiger partial charge in [0.05, 0.1) is 7.11 Å². The lowest BCUT2D eigenvalue weighted by molar-refractivity contribution is 0.373. The summed E-state index contributed by atoms with van der Waals surface area (Å²) in [7, 11) is 1.50. The highest BCUT2D eigenvalue weighted by molar-refractivity contribution is 7.99. The van der Waals surface area contributed by atoms with Crippen LogP contribution < -0.4 is 4.74 Å². The largest absolute Gasteiger partial charge is 0.467 e. The number of hydrogen-bond acceptors (Lipinski definition) is 5. The molecule has 0 unspecified atom stereocenters. The summed E-state index contributed by atoms with van der Waals surface area (Å²) in [5.74, 6) is 0. The Hall–Kier alpha value is -1.33. The van der Waals surface area contributed by atoms with Crippen LogP contribution in [0, 0.1) is 13.8 Å². The molecule has 18 heavy (non-hydrogen) atoms. The lowest BCUT2D eigenvalue weighted by atomic mass is 10.2. The Balaban J connectivity index is 2.30. The Bertz CT molecular complexity index is 577. The number of nitrogens with zero attached hydrogens (tertiary/aromatic N) is 3. The normalized spacial score (nSPS) is 10.4. The first-order valence-electron chi connectivity index (χ1n) is 5.29. The zero-order valence-corrected chi connectivity index (χ0v) is 11.8. The molecule has 0 bridgehead atoms. The van der Waals surface area contributed by atoms with Crippen LogP contribution in [0.2, 0.25) is 5.28 Å². The summed E-state index contributed by atoms with van der Waals surface area (Å²) in [4.78, 5) is 13.1. The molecule has 2 rings (SSSR count). The summed E-state index contributed by atoms with van der Waals surface area (Å²) >= 11 is 7.24. The molecule has 1 aromatic carbocycles. The highest BCUT2D eigenvalue weighted by Gasteiger charge is 2.08. The second-order valence-electron chi connectivity index (χ2n) is 3.74. The van der Waals surface area contributed by atoms with Gasteiger partial charge in [0.2, 0.25) is 5.28 Å². The fourth-order valence-corrected chi connectivity index (χ4v) is 2.47. The molecule has 94 valence electrons. The third kappa shape index (κ3) is 3.11. The van der Waals surface area contributed by atoms with Crippen molar-refractivity contribution in [1.29, 1.82) is 0 Å². The lowest BCUT2D eigenvalue weighted by Gasteiger charge is -2.06. The Morgan fingerprint density at radius 1 is 1.17 bits per heavy atom. The Morgan fingerprint density at radius 3 is 2.61 bits per heavy atom. The van der Waals surface area contributed by atoms with Crippen LogP contribution in [0.1, 0.15) is 11.1 Å². The highest BCUT2D eigenvalue weighted by Crippen LogP contribution is 2.29. The summed E-state index contributed by atoms with van der Waals surface area (Å²) in [6.07, 6.45) is 0. The number of benzene rings is 1. The molecule has 6 heteroatoms. The maximum Gasteiger partial charge on any atom is 0.321 e. The first-order valence-corrected chi connectivity index (χ1v) is 6.48. The second-order valence-corrected chi connectivity index (χ2v) is 5.09. The summed E-state index contributed by atoms with van der Waals surface area (Å²) in [6, 6.07) is 6.43. The number of ether oxygens (including phenoxy) is 1. The quantitative estimate of drug-likeness (QED) is 0.864. The van der Waals surface area contributed by atoms with Gasteiger partial charge in [-0.2, -0.15) is 15.0 Å². The van der Waals surface area contributed by atoms with Crippen LogP contribution in [-0.4, -0.2) is 22.1 Å². The maximum atomic E-state index is 5.80. The van der Waals surface area contributed by atoms with Crippen molar-refractivity contribution >= 4 is 23.4 Å². The van der Waals surface area contributed by atoms with E-state index in [1.54, 1.807) is 0 Å². The zero-order chi connectivity index (χ0) is 13.1. The SMILES string of the molecule is COc1nc(Cl)nc(Sc2ccc(C)cc2C)n1. The minimum atomic E-state index is 0.133. The van der Waals surface area contributed by atoms with Crippen LogP contribution in [0.3, 0.4) is 0 Å². The van der Waals surface area contributed by atoms with E-state index in [9.17, 15) is 0 Å². The van der Waals surface area contributed by atoms with Gasteiger partial charge in [-0.15, -0.1) is 0 Å². The van der Waals surface area contributed by atoms with Crippen LogP contribution in [0.4, 0.5) is 0 Å². The summed E-state index contributed by atoms with van der Waals surface area (Å²) in [5.41, 5.74) is 2.40. The van der Waals surface area contributed by atoms with Crippen LogP contribution in [-0.2, 0) is 0 Å². The fraction of sp³-hybridized carbons (Fsp3) is 0.250. The summed E-state index contributed by atoms with van der Waals surface area (Å²) in [6.45, 7) is 4.11. The third-order valence-corrected chi connectivity index (χ3v) is 3.49. The van der Waals surface area contributed by atoms with Crippen molar-refractivity contribution in [3.05, 3.63) is 34.6 Å². The van der Waals surface area contributed by atoms with Gasteiger partial charge in [0, 0.05) is 4.90 Å². The molecule has 0 spiro atoms. The lowest BCUT2D eigenvalue weighted by Crippen LogP contribution is -1.97. The van der Waals surface area contributed by atoms with E-state index in [1.165, 1.54) is 30.0 Å². The molecular formula is C12H12ClN3OS. The molecule has 1 aromatic heterocycles. The molecule has 0 aliphatic carbocycles. The van der Waals surface area contributed by atoms with Gasteiger partial charge in [0.15, 0.2) is 5.16 Å². The van der Waals surface area contributed by atoms with Crippen molar-refractivity contribution in [3.63, 3.8) is 0 Å². The second kappa shape index (κ2) is 5.54. The number of methoxy groups -OCH3 is 1. The standard InChI is InChI=1S/C12H12ClN3OS/c1-7-4-5-9(8(2)6-7)18-12-15-10(13)14-11(16-12)17-3/h4-6H,1-3H3. The molecule has 4 nitrogen and oxygen atoms in total. The minimum Gasteiger partial charge on any atom is -0.467 e.